The Morgan fingerprint density at radius 1 is 1.32 bits per heavy atom. The molecule has 1 amide bonds. The normalized spacial score (nSPS) is 18.6. The van der Waals surface area contributed by atoms with E-state index >= 15 is 0 Å². The van der Waals surface area contributed by atoms with E-state index in [-0.39, 0.29) is 23.5 Å². The molecule has 1 atom stereocenters. The molecule has 1 saturated heterocycles. The maximum absolute atomic E-state index is 13.0. The van der Waals surface area contributed by atoms with Crippen molar-refractivity contribution in [3.05, 3.63) is 28.7 Å². The van der Waals surface area contributed by atoms with E-state index in [9.17, 15) is 13.2 Å². The van der Waals surface area contributed by atoms with Crippen LogP contribution in [0, 0.1) is 20.8 Å². The lowest BCUT2D eigenvalue weighted by Crippen LogP contribution is -2.42. The van der Waals surface area contributed by atoms with Gasteiger partial charge in [-0.2, -0.15) is 5.10 Å². The third-order valence-electron chi connectivity index (χ3n) is 5.60. The molecular formula is C20H30N4O3S. The molecule has 3 rings (SSSR count). The number of hydrogen-bond donors (Lipinski definition) is 0. The van der Waals surface area contributed by atoms with Crippen molar-refractivity contribution in [2.75, 3.05) is 18.1 Å². The molecule has 0 radical (unpaired) electrons. The molecule has 0 aliphatic carbocycles. The first kappa shape index (κ1) is 20.8. The fourth-order valence-electron chi connectivity index (χ4n) is 4.04. The van der Waals surface area contributed by atoms with Gasteiger partial charge in [-0.25, -0.2) is 17.9 Å². The maximum Gasteiger partial charge on any atom is 0.223 e. The third-order valence-corrected chi connectivity index (χ3v) is 7.35. The number of fused-ring (bicyclic) bond motifs is 1. The summed E-state index contributed by atoms with van der Waals surface area (Å²) in [5, 5.41) is 4.49. The lowest BCUT2D eigenvalue weighted by Gasteiger charge is -2.28. The molecular weight excluding hydrogens is 376 g/mol. The first-order valence-electron chi connectivity index (χ1n) is 10.0. The number of carbonyl (C=O) groups excluding carboxylic acids is 1. The van der Waals surface area contributed by atoms with Gasteiger partial charge in [0.2, 0.25) is 5.91 Å². The number of carbonyl (C=O) groups is 1. The summed E-state index contributed by atoms with van der Waals surface area (Å²) in [5.74, 6) is 0.317. The molecule has 1 unspecified atom stereocenters. The first-order chi connectivity index (χ1) is 13.2. The predicted octanol–water partition coefficient (Wildman–Crippen LogP) is 2.40. The van der Waals surface area contributed by atoms with Crippen LogP contribution in [0.1, 0.15) is 55.3 Å². The molecule has 0 N–H and O–H groups in total. The lowest BCUT2D eigenvalue weighted by atomic mass is 10.0. The molecule has 1 fully saturated rings. The highest BCUT2D eigenvalue weighted by molar-refractivity contribution is 7.91. The molecule has 1 aliphatic heterocycles. The summed E-state index contributed by atoms with van der Waals surface area (Å²) in [6, 6.07) is 1.77. The van der Waals surface area contributed by atoms with E-state index in [0.717, 1.165) is 41.1 Å². The van der Waals surface area contributed by atoms with E-state index in [2.05, 4.69) is 17.0 Å². The van der Waals surface area contributed by atoms with Crippen molar-refractivity contribution in [2.45, 2.75) is 65.8 Å². The molecule has 0 bridgehead atoms. The molecule has 0 aromatic carbocycles. The smallest absolute Gasteiger partial charge is 0.223 e. The summed E-state index contributed by atoms with van der Waals surface area (Å²) in [6.45, 7) is 8.62. The van der Waals surface area contributed by atoms with Crippen LogP contribution in [0.15, 0.2) is 6.07 Å². The van der Waals surface area contributed by atoms with Gasteiger partial charge in [0.05, 0.1) is 17.2 Å². The number of amides is 1. The zero-order chi connectivity index (χ0) is 20.5. The van der Waals surface area contributed by atoms with Crippen LogP contribution in [-0.4, -0.2) is 57.9 Å². The topological polar surface area (TPSA) is 84.6 Å². The Labute approximate surface area is 167 Å². The summed E-state index contributed by atoms with van der Waals surface area (Å²) in [7, 11) is -3.02. The molecule has 7 nitrogen and oxygen atoms in total. The van der Waals surface area contributed by atoms with Crippen LogP contribution in [0.4, 0.5) is 0 Å². The SMILES string of the molecule is CCCCN(C(=O)CCc1c(C)nc2cc(C)nn2c1C)C1CCS(=O)(=O)C1. The quantitative estimate of drug-likeness (QED) is 0.705. The summed E-state index contributed by atoms with van der Waals surface area (Å²) in [5.41, 5.74) is 4.70. The number of rotatable bonds is 7. The molecule has 3 heterocycles. The summed E-state index contributed by atoms with van der Waals surface area (Å²) < 4.78 is 25.6. The van der Waals surface area contributed by atoms with E-state index in [0.29, 0.717) is 25.8 Å². The third kappa shape index (κ3) is 4.37. The molecule has 8 heteroatoms. The van der Waals surface area contributed by atoms with Crippen molar-refractivity contribution in [3.8, 4) is 0 Å². The van der Waals surface area contributed by atoms with Crippen LogP contribution in [0.25, 0.3) is 5.65 Å². The van der Waals surface area contributed by atoms with Crippen LogP contribution < -0.4 is 0 Å². The minimum atomic E-state index is -3.02. The molecule has 28 heavy (non-hydrogen) atoms. The van der Waals surface area contributed by atoms with Gasteiger partial charge in [-0.3, -0.25) is 4.79 Å². The van der Waals surface area contributed by atoms with Crippen molar-refractivity contribution in [3.63, 3.8) is 0 Å². The van der Waals surface area contributed by atoms with Gasteiger partial charge >= 0.3 is 0 Å². The first-order valence-corrected chi connectivity index (χ1v) is 11.9. The number of unbranched alkanes of at least 4 members (excludes halogenated alkanes) is 1. The standard InChI is InChI=1S/C20H30N4O3S/c1-5-6-10-23(17-9-11-28(26,27)13-17)20(25)8-7-18-15(3)21-19-12-14(2)22-24(19)16(18)4/h12,17H,5-11,13H2,1-4H3. The summed E-state index contributed by atoms with van der Waals surface area (Å²) in [6.07, 6.45) is 3.35. The van der Waals surface area contributed by atoms with Crippen LogP contribution in [-0.2, 0) is 21.1 Å². The number of aryl methyl sites for hydroxylation is 3. The monoisotopic (exact) mass is 406 g/mol. The molecule has 0 spiro atoms. The molecule has 154 valence electrons. The molecule has 2 aromatic heterocycles. The Balaban J connectivity index is 1.76. The molecule has 0 saturated carbocycles. The highest BCUT2D eigenvalue weighted by atomic mass is 32.2. The minimum Gasteiger partial charge on any atom is -0.339 e. The van der Waals surface area contributed by atoms with E-state index in [1.54, 1.807) is 0 Å². The van der Waals surface area contributed by atoms with Gasteiger partial charge in [0.15, 0.2) is 15.5 Å². The Hall–Kier alpha value is -1.96. The minimum absolute atomic E-state index is 0.0334. The van der Waals surface area contributed by atoms with Crippen LogP contribution in [0.3, 0.4) is 0 Å². The van der Waals surface area contributed by atoms with E-state index in [1.807, 2.05) is 36.3 Å². The van der Waals surface area contributed by atoms with Gasteiger partial charge in [0.25, 0.3) is 0 Å². The lowest BCUT2D eigenvalue weighted by molar-refractivity contribution is -0.133. The predicted molar refractivity (Wildman–Crippen MR) is 109 cm³/mol. The summed E-state index contributed by atoms with van der Waals surface area (Å²) in [4.78, 5) is 19.4. The van der Waals surface area contributed by atoms with E-state index in [4.69, 9.17) is 0 Å². The second-order valence-corrected chi connectivity index (χ2v) is 10.0. The van der Waals surface area contributed by atoms with Gasteiger partial charge in [-0.15, -0.1) is 0 Å². The average Bonchev–Trinajstić information content (AvgIpc) is 3.16. The highest BCUT2D eigenvalue weighted by Gasteiger charge is 2.34. The summed E-state index contributed by atoms with van der Waals surface area (Å²) >= 11 is 0. The van der Waals surface area contributed by atoms with Crippen molar-refractivity contribution >= 4 is 21.4 Å². The zero-order valence-electron chi connectivity index (χ0n) is 17.2. The fraction of sp³-hybridized carbons (Fsp3) is 0.650. The Morgan fingerprint density at radius 3 is 2.71 bits per heavy atom. The van der Waals surface area contributed by atoms with Gasteiger partial charge in [0.1, 0.15) is 0 Å². The van der Waals surface area contributed by atoms with Gasteiger partial charge in [-0.05, 0) is 45.6 Å². The number of nitrogens with zero attached hydrogens (tertiary/aromatic N) is 4. The Morgan fingerprint density at radius 2 is 2.07 bits per heavy atom. The number of sulfone groups is 1. The highest BCUT2D eigenvalue weighted by Crippen LogP contribution is 2.21. The molecule has 1 aliphatic rings. The zero-order valence-corrected chi connectivity index (χ0v) is 18.0. The van der Waals surface area contributed by atoms with Crippen LogP contribution in [0.5, 0.6) is 0 Å². The Kier molecular flexibility index (Phi) is 6.07. The fourth-order valence-corrected chi connectivity index (χ4v) is 5.77. The van der Waals surface area contributed by atoms with Crippen molar-refractivity contribution in [1.29, 1.82) is 0 Å². The number of aromatic nitrogens is 3. The van der Waals surface area contributed by atoms with Crippen LogP contribution >= 0.6 is 0 Å². The molecule has 2 aromatic rings. The van der Waals surface area contributed by atoms with Crippen LogP contribution in [0.2, 0.25) is 0 Å². The van der Waals surface area contributed by atoms with E-state index < -0.39 is 9.84 Å². The second kappa shape index (κ2) is 8.19. The van der Waals surface area contributed by atoms with Gasteiger partial charge < -0.3 is 4.90 Å². The number of hydrogen-bond acceptors (Lipinski definition) is 5. The largest absolute Gasteiger partial charge is 0.339 e. The van der Waals surface area contributed by atoms with E-state index in [1.165, 1.54) is 0 Å². The second-order valence-electron chi connectivity index (χ2n) is 7.81. The maximum atomic E-state index is 13.0. The average molecular weight is 407 g/mol. The van der Waals surface area contributed by atoms with Gasteiger partial charge in [-0.1, -0.05) is 13.3 Å². The van der Waals surface area contributed by atoms with Crippen molar-refractivity contribution in [2.24, 2.45) is 0 Å². The van der Waals surface area contributed by atoms with Gasteiger partial charge in [0, 0.05) is 36.5 Å². The van der Waals surface area contributed by atoms with Crippen molar-refractivity contribution < 1.29 is 13.2 Å². The Bertz CT molecular complexity index is 981. The van der Waals surface area contributed by atoms with Crippen molar-refractivity contribution in [1.82, 2.24) is 19.5 Å².